The molecule has 0 radical (unpaired) electrons. The third kappa shape index (κ3) is 5.49. The van der Waals surface area contributed by atoms with E-state index in [2.05, 4.69) is 30.0 Å². The normalized spacial score (nSPS) is 12.4. The molecule has 2 N–H and O–H groups in total. The molecular weight excluding hydrogens is 252 g/mol. The number of rotatable bonds is 9. The van der Waals surface area contributed by atoms with Crippen LogP contribution in [-0.4, -0.2) is 46.6 Å². The highest BCUT2D eigenvalue weighted by atomic mass is 16.5. The molecule has 0 heterocycles. The summed E-state index contributed by atoms with van der Waals surface area (Å²) in [6.45, 7) is 7.34. The van der Waals surface area contributed by atoms with Gasteiger partial charge in [-0.25, -0.2) is 0 Å². The quantitative estimate of drug-likeness (QED) is 0.751. The number of ether oxygens (including phenoxy) is 2. The smallest absolute Gasteiger partial charge is 0.0637 e. The van der Waals surface area contributed by atoms with Crippen LogP contribution in [0.5, 0.6) is 0 Å². The van der Waals surface area contributed by atoms with Crippen molar-refractivity contribution < 1.29 is 9.47 Å². The number of nitrogens with two attached hydrogens (primary N) is 1. The van der Waals surface area contributed by atoms with Crippen molar-refractivity contribution in [2.75, 3.05) is 45.4 Å². The summed E-state index contributed by atoms with van der Waals surface area (Å²) in [6.07, 6.45) is 0.914. The van der Waals surface area contributed by atoms with Crippen LogP contribution in [0.25, 0.3) is 0 Å². The molecule has 1 aromatic rings. The molecule has 0 aliphatic heterocycles. The summed E-state index contributed by atoms with van der Waals surface area (Å²) in [5.41, 5.74) is 9.67. The van der Waals surface area contributed by atoms with E-state index in [9.17, 15) is 0 Å². The van der Waals surface area contributed by atoms with Crippen LogP contribution in [0.1, 0.15) is 18.1 Å². The van der Waals surface area contributed by atoms with Crippen molar-refractivity contribution >= 4 is 5.69 Å². The fraction of sp³-hybridized carbons (Fsp3) is 0.625. The summed E-state index contributed by atoms with van der Waals surface area (Å²) in [6, 6.07) is 6.76. The number of nitrogens with zero attached hydrogens (tertiary/aromatic N) is 1. The van der Waals surface area contributed by atoms with Gasteiger partial charge in [0.05, 0.1) is 13.2 Å². The molecule has 0 spiro atoms. The number of methoxy groups -OCH3 is 2. The molecule has 0 saturated heterocycles. The van der Waals surface area contributed by atoms with E-state index in [1.807, 2.05) is 6.92 Å². The summed E-state index contributed by atoms with van der Waals surface area (Å²) in [7, 11) is 3.46. The number of anilines is 1. The van der Waals surface area contributed by atoms with Crippen molar-refractivity contribution in [3.63, 3.8) is 0 Å². The SMILES string of the molecule is COCCN(CCOC)c1ccc(CC(C)N)cc1C. The highest BCUT2D eigenvalue weighted by Crippen LogP contribution is 2.21. The monoisotopic (exact) mass is 280 g/mol. The molecule has 20 heavy (non-hydrogen) atoms. The van der Waals surface area contributed by atoms with E-state index in [1.54, 1.807) is 14.2 Å². The molecular formula is C16H28N2O2. The molecule has 4 nitrogen and oxygen atoms in total. The predicted octanol–water partition coefficient (Wildman–Crippen LogP) is 1.98. The van der Waals surface area contributed by atoms with Crippen molar-refractivity contribution in [3.8, 4) is 0 Å². The Morgan fingerprint density at radius 1 is 1.15 bits per heavy atom. The van der Waals surface area contributed by atoms with E-state index in [4.69, 9.17) is 15.2 Å². The molecule has 0 aliphatic rings. The largest absolute Gasteiger partial charge is 0.383 e. The number of hydrogen-bond acceptors (Lipinski definition) is 4. The fourth-order valence-corrected chi connectivity index (χ4v) is 2.33. The van der Waals surface area contributed by atoms with Crippen LogP contribution >= 0.6 is 0 Å². The zero-order valence-electron chi connectivity index (χ0n) is 13.2. The highest BCUT2D eigenvalue weighted by Gasteiger charge is 2.10. The Morgan fingerprint density at radius 3 is 2.20 bits per heavy atom. The zero-order valence-corrected chi connectivity index (χ0v) is 13.2. The predicted molar refractivity (Wildman–Crippen MR) is 84.5 cm³/mol. The van der Waals surface area contributed by atoms with Crippen LogP contribution in [0.2, 0.25) is 0 Å². The number of aryl methyl sites for hydroxylation is 1. The molecule has 1 rings (SSSR count). The van der Waals surface area contributed by atoms with E-state index in [-0.39, 0.29) is 6.04 Å². The molecule has 0 aromatic heterocycles. The van der Waals surface area contributed by atoms with Crippen molar-refractivity contribution in [1.82, 2.24) is 0 Å². The molecule has 1 aromatic carbocycles. The molecule has 0 aliphatic carbocycles. The van der Waals surface area contributed by atoms with Gasteiger partial charge in [-0.15, -0.1) is 0 Å². The zero-order chi connectivity index (χ0) is 15.0. The lowest BCUT2D eigenvalue weighted by Crippen LogP contribution is -2.31. The van der Waals surface area contributed by atoms with Gasteiger partial charge in [-0.2, -0.15) is 0 Å². The van der Waals surface area contributed by atoms with Crippen LogP contribution < -0.4 is 10.6 Å². The van der Waals surface area contributed by atoms with Crippen LogP contribution in [0.4, 0.5) is 5.69 Å². The van der Waals surface area contributed by atoms with E-state index in [0.717, 1.165) is 19.5 Å². The van der Waals surface area contributed by atoms with Crippen LogP contribution in [0.3, 0.4) is 0 Å². The Balaban J connectivity index is 2.83. The lowest BCUT2D eigenvalue weighted by atomic mass is 10.0. The maximum atomic E-state index is 5.86. The van der Waals surface area contributed by atoms with Crippen molar-refractivity contribution in [3.05, 3.63) is 29.3 Å². The number of hydrogen-bond donors (Lipinski definition) is 1. The summed E-state index contributed by atoms with van der Waals surface area (Å²) in [4.78, 5) is 2.30. The van der Waals surface area contributed by atoms with Gasteiger partial charge in [0.2, 0.25) is 0 Å². The van der Waals surface area contributed by atoms with Crippen molar-refractivity contribution in [2.45, 2.75) is 26.3 Å². The topological polar surface area (TPSA) is 47.7 Å². The molecule has 1 atom stereocenters. The molecule has 1 unspecified atom stereocenters. The summed E-state index contributed by atoms with van der Waals surface area (Å²) < 4.78 is 10.4. The lowest BCUT2D eigenvalue weighted by molar-refractivity contribution is 0.190. The number of benzene rings is 1. The minimum atomic E-state index is 0.193. The summed E-state index contributed by atoms with van der Waals surface area (Å²) >= 11 is 0. The minimum Gasteiger partial charge on any atom is -0.383 e. The molecule has 114 valence electrons. The van der Waals surface area contributed by atoms with E-state index in [1.165, 1.54) is 16.8 Å². The first-order chi connectivity index (χ1) is 9.58. The van der Waals surface area contributed by atoms with Gasteiger partial charge in [0, 0.05) is 39.0 Å². The van der Waals surface area contributed by atoms with Gasteiger partial charge in [-0.1, -0.05) is 12.1 Å². The summed E-state index contributed by atoms with van der Waals surface area (Å²) in [5, 5.41) is 0. The first-order valence-corrected chi connectivity index (χ1v) is 7.16. The maximum Gasteiger partial charge on any atom is 0.0637 e. The van der Waals surface area contributed by atoms with E-state index < -0.39 is 0 Å². The molecule has 0 amide bonds. The average Bonchev–Trinajstić information content (AvgIpc) is 2.39. The Hall–Kier alpha value is -1.10. The lowest BCUT2D eigenvalue weighted by Gasteiger charge is -2.26. The molecule has 4 heteroatoms. The van der Waals surface area contributed by atoms with Crippen molar-refractivity contribution in [1.29, 1.82) is 0 Å². The first kappa shape index (κ1) is 17.0. The highest BCUT2D eigenvalue weighted by molar-refractivity contribution is 5.54. The van der Waals surface area contributed by atoms with Crippen molar-refractivity contribution in [2.24, 2.45) is 5.73 Å². The van der Waals surface area contributed by atoms with Gasteiger partial charge in [0.25, 0.3) is 0 Å². The minimum absolute atomic E-state index is 0.193. The van der Waals surface area contributed by atoms with Crippen LogP contribution in [0, 0.1) is 6.92 Å². The molecule has 0 saturated carbocycles. The summed E-state index contributed by atoms with van der Waals surface area (Å²) in [5.74, 6) is 0. The standard InChI is InChI=1S/C16H28N2O2/c1-13-11-15(12-14(2)17)5-6-16(13)18(7-9-19-3)8-10-20-4/h5-6,11,14H,7-10,12,17H2,1-4H3. The average molecular weight is 280 g/mol. The molecule has 0 fully saturated rings. The second-order valence-corrected chi connectivity index (χ2v) is 5.27. The van der Waals surface area contributed by atoms with Gasteiger partial charge in [-0.05, 0) is 37.5 Å². The Kier molecular flexibility index (Phi) is 7.59. The van der Waals surface area contributed by atoms with E-state index in [0.29, 0.717) is 13.2 Å². The maximum absolute atomic E-state index is 5.86. The fourth-order valence-electron chi connectivity index (χ4n) is 2.33. The second kappa shape index (κ2) is 8.95. The Morgan fingerprint density at radius 2 is 1.75 bits per heavy atom. The third-order valence-electron chi connectivity index (χ3n) is 3.29. The molecule has 0 bridgehead atoms. The van der Waals surface area contributed by atoms with Crippen LogP contribution in [-0.2, 0) is 15.9 Å². The van der Waals surface area contributed by atoms with E-state index >= 15 is 0 Å². The second-order valence-electron chi connectivity index (χ2n) is 5.27. The van der Waals surface area contributed by atoms with Gasteiger partial charge >= 0.3 is 0 Å². The Bertz CT molecular complexity index is 386. The van der Waals surface area contributed by atoms with Gasteiger partial charge in [-0.3, -0.25) is 0 Å². The first-order valence-electron chi connectivity index (χ1n) is 7.16. The van der Waals surface area contributed by atoms with Crippen LogP contribution in [0.15, 0.2) is 18.2 Å². The third-order valence-corrected chi connectivity index (χ3v) is 3.29. The van der Waals surface area contributed by atoms with Gasteiger partial charge in [0.1, 0.15) is 0 Å². The van der Waals surface area contributed by atoms with Gasteiger partial charge in [0.15, 0.2) is 0 Å². The van der Waals surface area contributed by atoms with Gasteiger partial charge < -0.3 is 20.1 Å². The Labute approximate surface area is 122 Å².